The van der Waals surface area contributed by atoms with Crippen molar-refractivity contribution in [3.05, 3.63) is 65.2 Å². The van der Waals surface area contributed by atoms with Crippen molar-refractivity contribution < 1.29 is 13.2 Å². The molecule has 0 saturated heterocycles. The lowest BCUT2D eigenvalue weighted by Crippen LogP contribution is -2.27. The van der Waals surface area contributed by atoms with Gasteiger partial charge in [-0.1, -0.05) is 49.7 Å². The SMILES string of the molecule is CCCCc1ccc(CC(=O)NCCc2ccc(S(N)(=O)=O)cc2)cc1. The number of benzene rings is 2. The van der Waals surface area contributed by atoms with Crippen molar-refractivity contribution >= 4 is 15.9 Å². The summed E-state index contributed by atoms with van der Waals surface area (Å²) in [7, 11) is -3.67. The van der Waals surface area contributed by atoms with Crippen LogP contribution in [0.4, 0.5) is 0 Å². The first kappa shape index (κ1) is 20.1. The fourth-order valence-corrected chi connectivity index (χ4v) is 3.16. The van der Waals surface area contributed by atoms with E-state index in [9.17, 15) is 13.2 Å². The van der Waals surface area contributed by atoms with Gasteiger partial charge in [0.25, 0.3) is 0 Å². The molecule has 0 fully saturated rings. The first-order valence-corrected chi connectivity index (χ1v) is 10.4. The Kier molecular flexibility index (Phi) is 7.36. The number of sulfonamides is 1. The summed E-state index contributed by atoms with van der Waals surface area (Å²) in [6.07, 6.45) is 4.42. The average molecular weight is 375 g/mol. The van der Waals surface area contributed by atoms with E-state index in [1.54, 1.807) is 12.1 Å². The fourth-order valence-electron chi connectivity index (χ4n) is 2.64. The Morgan fingerprint density at radius 1 is 0.923 bits per heavy atom. The number of primary sulfonamides is 1. The molecule has 1 amide bonds. The van der Waals surface area contributed by atoms with E-state index in [1.807, 2.05) is 12.1 Å². The van der Waals surface area contributed by atoms with Crippen molar-refractivity contribution in [2.24, 2.45) is 5.14 Å². The molecular weight excluding hydrogens is 348 g/mol. The maximum Gasteiger partial charge on any atom is 0.238 e. The minimum atomic E-state index is -3.67. The number of amides is 1. The minimum absolute atomic E-state index is 0.0209. The third-order valence-corrected chi connectivity index (χ3v) is 5.12. The zero-order chi connectivity index (χ0) is 19.0. The largest absolute Gasteiger partial charge is 0.355 e. The molecule has 2 aromatic carbocycles. The van der Waals surface area contributed by atoms with Crippen LogP contribution in [0, 0.1) is 0 Å². The highest BCUT2D eigenvalue weighted by molar-refractivity contribution is 7.89. The fraction of sp³-hybridized carbons (Fsp3) is 0.350. The van der Waals surface area contributed by atoms with Crippen molar-refractivity contribution in [3.8, 4) is 0 Å². The zero-order valence-corrected chi connectivity index (χ0v) is 15.9. The molecule has 0 saturated carbocycles. The second kappa shape index (κ2) is 9.50. The summed E-state index contributed by atoms with van der Waals surface area (Å²) in [5.74, 6) is -0.0209. The number of nitrogens with two attached hydrogens (primary N) is 1. The molecule has 3 N–H and O–H groups in total. The molecule has 140 valence electrons. The van der Waals surface area contributed by atoms with Crippen LogP contribution < -0.4 is 10.5 Å². The van der Waals surface area contributed by atoms with Gasteiger partial charge in [0, 0.05) is 6.54 Å². The van der Waals surface area contributed by atoms with Gasteiger partial charge >= 0.3 is 0 Å². The number of nitrogens with one attached hydrogen (secondary N) is 1. The molecular formula is C20H26N2O3S. The number of hydrogen-bond acceptors (Lipinski definition) is 3. The third-order valence-electron chi connectivity index (χ3n) is 4.19. The van der Waals surface area contributed by atoms with E-state index in [0.29, 0.717) is 19.4 Å². The van der Waals surface area contributed by atoms with Gasteiger partial charge in [0.1, 0.15) is 0 Å². The molecule has 0 aliphatic carbocycles. The van der Waals surface area contributed by atoms with Gasteiger partial charge < -0.3 is 5.32 Å². The molecule has 0 heterocycles. The predicted octanol–water partition coefficient (Wildman–Crippen LogP) is 2.58. The van der Waals surface area contributed by atoms with Gasteiger partial charge in [-0.25, -0.2) is 13.6 Å². The number of rotatable bonds is 9. The molecule has 0 spiro atoms. The topological polar surface area (TPSA) is 89.3 Å². The van der Waals surface area contributed by atoms with Crippen LogP contribution in [-0.2, 0) is 34.1 Å². The molecule has 0 radical (unpaired) electrons. The van der Waals surface area contributed by atoms with Crippen LogP contribution in [0.1, 0.15) is 36.5 Å². The zero-order valence-electron chi connectivity index (χ0n) is 15.1. The van der Waals surface area contributed by atoms with E-state index in [4.69, 9.17) is 5.14 Å². The van der Waals surface area contributed by atoms with Gasteiger partial charge in [-0.05, 0) is 48.1 Å². The maximum absolute atomic E-state index is 12.0. The molecule has 0 aromatic heterocycles. The molecule has 0 atom stereocenters. The van der Waals surface area contributed by atoms with Crippen LogP contribution in [0.25, 0.3) is 0 Å². The van der Waals surface area contributed by atoms with Gasteiger partial charge in [-0.3, -0.25) is 4.79 Å². The first-order valence-electron chi connectivity index (χ1n) is 8.84. The van der Waals surface area contributed by atoms with Gasteiger partial charge in [-0.15, -0.1) is 0 Å². The molecule has 2 aromatic rings. The average Bonchev–Trinajstić information content (AvgIpc) is 2.61. The van der Waals surface area contributed by atoms with E-state index in [0.717, 1.165) is 17.5 Å². The van der Waals surface area contributed by atoms with E-state index < -0.39 is 10.0 Å². The second-order valence-corrected chi connectivity index (χ2v) is 7.95. The smallest absolute Gasteiger partial charge is 0.238 e. The van der Waals surface area contributed by atoms with Crippen molar-refractivity contribution in [2.75, 3.05) is 6.54 Å². The van der Waals surface area contributed by atoms with Gasteiger partial charge in [-0.2, -0.15) is 0 Å². The molecule has 0 aliphatic rings. The number of aryl methyl sites for hydroxylation is 1. The lowest BCUT2D eigenvalue weighted by molar-refractivity contribution is -0.120. The summed E-state index contributed by atoms with van der Waals surface area (Å²) >= 11 is 0. The van der Waals surface area contributed by atoms with E-state index in [1.165, 1.54) is 30.5 Å². The van der Waals surface area contributed by atoms with Crippen LogP contribution >= 0.6 is 0 Å². The third kappa shape index (κ3) is 6.61. The van der Waals surface area contributed by atoms with Crippen LogP contribution in [-0.4, -0.2) is 20.9 Å². The second-order valence-electron chi connectivity index (χ2n) is 6.39. The summed E-state index contributed by atoms with van der Waals surface area (Å²) in [6, 6.07) is 14.6. The predicted molar refractivity (Wildman–Crippen MR) is 103 cm³/mol. The molecule has 26 heavy (non-hydrogen) atoms. The monoisotopic (exact) mass is 374 g/mol. The molecule has 0 bridgehead atoms. The Morgan fingerprint density at radius 3 is 2.04 bits per heavy atom. The summed E-state index contributed by atoms with van der Waals surface area (Å²) in [5, 5.41) is 7.96. The Balaban J connectivity index is 1.76. The van der Waals surface area contributed by atoms with Crippen molar-refractivity contribution in [1.29, 1.82) is 0 Å². The molecule has 6 heteroatoms. The van der Waals surface area contributed by atoms with Crippen LogP contribution in [0.3, 0.4) is 0 Å². The highest BCUT2D eigenvalue weighted by atomic mass is 32.2. The van der Waals surface area contributed by atoms with Gasteiger partial charge in [0.15, 0.2) is 0 Å². The Morgan fingerprint density at radius 2 is 1.46 bits per heavy atom. The Labute approximate surface area is 155 Å². The van der Waals surface area contributed by atoms with Crippen molar-refractivity contribution in [2.45, 2.75) is 43.9 Å². The highest BCUT2D eigenvalue weighted by Gasteiger charge is 2.07. The van der Waals surface area contributed by atoms with E-state index >= 15 is 0 Å². The lowest BCUT2D eigenvalue weighted by Gasteiger charge is -2.07. The molecule has 2 rings (SSSR count). The normalized spacial score (nSPS) is 11.3. The first-order chi connectivity index (χ1) is 12.4. The van der Waals surface area contributed by atoms with Crippen LogP contribution in [0.5, 0.6) is 0 Å². The Hall–Kier alpha value is -2.18. The van der Waals surface area contributed by atoms with Crippen LogP contribution in [0.15, 0.2) is 53.4 Å². The Bertz CT molecular complexity index is 813. The van der Waals surface area contributed by atoms with Crippen LogP contribution in [0.2, 0.25) is 0 Å². The summed E-state index contributed by atoms with van der Waals surface area (Å²) in [5.41, 5.74) is 3.25. The van der Waals surface area contributed by atoms with Gasteiger partial charge in [0.05, 0.1) is 11.3 Å². The maximum atomic E-state index is 12.0. The minimum Gasteiger partial charge on any atom is -0.355 e. The number of hydrogen-bond donors (Lipinski definition) is 2. The molecule has 5 nitrogen and oxygen atoms in total. The van der Waals surface area contributed by atoms with Crippen molar-refractivity contribution in [1.82, 2.24) is 5.32 Å². The van der Waals surface area contributed by atoms with E-state index in [-0.39, 0.29) is 10.8 Å². The molecule has 0 unspecified atom stereocenters. The highest BCUT2D eigenvalue weighted by Crippen LogP contribution is 2.10. The summed E-state index contributed by atoms with van der Waals surface area (Å²) in [4.78, 5) is 12.1. The quantitative estimate of drug-likeness (QED) is 0.707. The van der Waals surface area contributed by atoms with E-state index in [2.05, 4.69) is 24.4 Å². The standard InChI is InChI=1S/C20H26N2O3S/c1-2-3-4-16-5-7-18(8-6-16)15-20(23)22-14-13-17-9-11-19(12-10-17)26(21,24)25/h5-12H,2-4,13-15H2,1H3,(H,22,23)(H2,21,24,25). The number of carbonyl (C=O) groups is 1. The molecule has 0 aliphatic heterocycles. The number of unbranched alkanes of at least 4 members (excludes halogenated alkanes) is 1. The van der Waals surface area contributed by atoms with Gasteiger partial charge in [0.2, 0.25) is 15.9 Å². The lowest BCUT2D eigenvalue weighted by atomic mass is 10.0. The summed E-state index contributed by atoms with van der Waals surface area (Å²) < 4.78 is 22.4. The van der Waals surface area contributed by atoms with Crippen molar-refractivity contribution in [3.63, 3.8) is 0 Å². The number of carbonyl (C=O) groups excluding carboxylic acids is 1. The summed E-state index contributed by atoms with van der Waals surface area (Å²) in [6.45, 7) is 2.68.